The summed E-state index contributed by atoms with van der Waals surface area (Å²) in [4.78, 5) is 14.1. The van der Waals surface area contributed by atoms with E-state index >= 15 is 0 Å². The van der Waals surface area contributed by atoms with Gasteiger partial charge in [-0.2, -0.15) is 5.10 Å². The van der Waals surface area contributed by atoms with E-state index in [-0.39, 0.29) is 5.91 Å². The molecule has 2 heterocycles. The topological polar surface area (TPSA) is 50.2 Å². The van der Waals surface area contributed by atoms with Gasteiger partial charge in [-0.05, 0) is 22.9 Å². The minimum atomic E-state index is 0.0419. The summed E-state index contributed by atoms with van der Waals surface area (Å²) >= 11 is 3.35. The molecule has 1 fully saturated rings. The summed E-state index contributed by atoms with van der Waals surface area (Å²) in [6, 6.07) is 0.352. The summed E-state index contributed by atoms with van der Waals surface area (Å²) in [5.41, 5.74) is 0.620. The van der Waals surface area contributed by atoms with Crippen LogP contribution in [0.15, 0.2) is 10.7 Å². The Labute approximate surface area is 103 Å². The number of aromatic nitrogens is 2. The zero-order valence-corrected chi connectivity index (χ0v) is 11.0. The highest BCUT2D eigenvalue weighted by Gasteiger charge is 2.25. The Bertz CT molecular complexity index is 384. The Balaban J connectivity index is 2.18. The zero-order valence-electron chi connectivity index (χ0n) is 9.40. The van der Waals surface area contributed by atoms with Crippen molar-refractivity contribution in [2.75, 3.05) is 19.6 Å². The van der Waals surface area contributed by atoms with Crippen molar-refractivity contribution >= 4 is 21.8 Å². The van der Waals surface area contributed by atoms with Crippen LogP contribution in [0.25, 0.3) is 0 Å². The van der Waals surface area contributed by atoms with Gasteiger partial charge in [-0.3, -0.25) is 9.48 Å². The molecule has 6 heteroatoms. The quantitative estimate of drug-likeness (QED) is 0.823. The van der Waals surface area contributed by atoms with Gasteiger partial charge in [0.05, 0.1) is 10.7 Å². The lowest BCUT2D eigenvalue weighted by atomic mass is 10.2. The van der Waals surface area contributed by atoms with Gasteiger partial charge in [-0.15, -0.1) is 0 Å². The fraction of sp³-hybridized carbons (Fsp3) is 0.600. The molecule has 0 aliphatic carbocycles. The summed E-state index contributed by atoms with van der Waals surface area (Å²) in [6.07, 6.45) is 1.65. The maximum absolute atomic E-state index is 12.3. The van der Waals surface area contributed by atoms with Gasteiger partial charge < -0.3 is 10.2 Å². The molecule has 1 atom stereocenters. The summed E-state index contributed by atoms with van der Waals surface area (Å²) in [5, 5.41) is 7.37. The van der Waals surface area contributed by atoms with Gasteiger partial charge in [-0.25, -0.2) is 0 Å². The van der Waals surface area contributed by atoms with Gasteiger partial charge in [-0.1, -0.05) is 0 Å². The van der Waals surface area contributed by atoms with Crippen LogP contribution in [0.3, 0.4) is 0 Å². The second kappa shape index (κ2) is 4.55. The number of amides is 1. The molecular formula is C10H15BrN4O. The Morgan fingerprint density at radius 3 is 3.00 bits per heavy atom. The number of hydrogen-bond donors (Lipinski definition) is 1. The molecule has 1 aliphatic rings. The molecule has 1 unspecified atom stereocenters. The Morgan fingerprint density at radius 2 is 2.44 bits per heavy atom. The Morgan fingerprint density at radius 1 is 1.69 bits per heavy atom. The molecule has 0 bridgehead atoms. The molecule has 1 N–H and O–H groups in total. The average molecular weight is 287 g/mol. The largest absolute Gasteiger partial charge is 0.334 e. The second-order valence-electron chi connectivity index (χ2n) is 4.07. The lowest BCUT2D eigenvalue weighted by Gasteiger charge is -2.31. The molecule has 0 radical (unpaired) electrons. The standard InChI is InChI=1S/C10H15BrN4O/c1-7-6-15(4-3-12-7)10(16)9-8(11)5-13-14(9)2/h5,7,12H,3-4,6H2,1-2H3. The molecule has 88 valence electrons. The third-order valence-corrected chi connectivity index (χ3v) is 3.33. The lowest BCUT2D eigenvalue weighted by Crippen LogP contribution is -2.51. The number of halogens is 1. The van der Waals surface area contributed by atoms with Crippen molar-refractivity contribution in [3.05, 3.63) is 16.4 Å². The molecule has 2 rings (SSSR count). The zero-order chi connectivity index (χ0) is 11.7. The van der Waals surface area contributed by atoms with Crippen molar-refractivity contribution < 1.29 is 4.79 Å². The van der Waals surface area contributed by atoms with Crippen LogP contribution in [0.2, 0.25) is 0 Å². The Kier molecular flexibility index (Phi) is 3.30. The van der Waals surface area contributed by atoms with E-state index in [2.05, 4.69) is 33.3 Å². The molecule has 1 aromatic heterocycles. The van der Waals surface area contributed by atoms with Crippen molar-refractivity contribution in [1.82, 2.24) is 20.0 Å². The van der Waals surface area contributed by atoms with Gasteiger partial charge in [0.1, 0.15) is 5.69 Å². The molecule has 1 aliphatic heterocycles. The van der Waals surface area contributed by atoms with Crippen molar-refractivity contribution in [2.24, 2.45) is 7.05 Å². The highest BCUT2D eigenvalue weighted by atomic mass is 79.9. The molecule has 0 spiro atoms. The van der Waals surface area contributed by atoms with E-state index in [0.29, 0.717) is 11.7 Å². The maximum atomic E-state index is 12.3. The van der Waals surface area contributed by atoms with Crippen LogP contribution >= 0.6 is 15.9 Å². The van der Waals surface area contributed by atoms with Crippen molar-refractivity contribution in [1.29, 1.82) is 0 Å². The number of aryl methyl sites for hydroxylation is 1. The van der Waals surface area contributed by atoms with E-state index in [4.69, 9.17) is 0 Å². The third-order valence-electron chi connectivity index (χ3n) is 2.75. The highest BCUT2D eigenvalue weighted by molar-refractivity contribution is 9.10. The number of carbonyl (C=O) groups excluding carboxylic acids is 1. The van der Waals surface area contributed by atoms with Crippen molar-refractivity contribution in [3.8, 4) is 0 Å². The van der Waals surface area contributed by atoms with Gasteiger partial charge >= 0.3 is 0 Å². The predicted octanol–water partition coefficient (Wildman–Crippen LogP) is 0.616. The van der Waals surface area contributed by atoms with Crippen LogP contribution in [0.1, 0.15) is 17.4 Å². The first-order chi connectivity index (χ1) is 7.59. The summed E-state index contributed by atoms with van der Waals surface area (Å²) in [6.45, 7) is 4.43. The minimum Gasteiger partial charge on any atom is -0.334 e. The van der Waals surface area contributed by atoms with E-state index in [1.165, 1.54) is 0 Å². The second-order valence-corrected chi connectivity index (χ2v) is 4.93. The van der Waals surface area contributed by atoms with Crippen LogP contribution in [-0.4, -0.2) is 46.3 Å². The number of piperazine rings is 1. The lowest BCUT2D eigenvalue weighted by molar-refractivity contribution is 0.0697. The monoisotopic (exact) mass is 286 g/mol. The Hall–Kier alpha value is -0.880. The molecule has 1 amide bonds. The van der Waals surface area contributed by atoms with Crippen LogP contribution in [0, 0.1) is 0 Å². The number of nitrogens with zero attached hydrogens (tertiary/aromatic N) is 3. The van der Waals surface area contributed by atoms with E-state index in [0.717, 1.165) is 24.1 Å². The van der Waals surface area contributed by atoms with E-state index in [9.17, 15) is 4.79 Å². The first-order valence-electron chi connectivity index (χ1n) is 5.29. The van der Waals surface area contributed by atoms with E-state index in [1.807, 2.05) is 4.90 Å². The highest BCUT2D eigenvalue weighted by Crippen LogP contribution is 2.17. The van der Waals surface area contributed by atoms with Crippen LogP contribution < -0.4 is 5.32 Å². The van der Waals surface area contributed by atoms with E-state index < -0.39 is 0 Å². The smallest absolute Gasteiger partial charge is 0.273 e. The van der Waals surface area contributed by atoms with Crippen LogP contribution in [0.4, 0.5) is 0 Å². The van der Waals surface area contributed by atoms with Crippen molar-refractivity contribution in [2.45, 2.75) is 13.0 Å². The van der Waals surface area contributed by atoms with Gasteiger partial charge in [0.15, 0.2) is 0 Å². The van der Waals surface area contributed by atoms with Crippen LogP contribution in [-0.2, 0) is 7.05 Å². The number of nitrogens with one attached hydrogen (secondary N) is 1. The van der Waals surface area contributed by atoms with Gasteiger partial charge in [0.25, 0.3) is 5.91 Å². The molecule has 0 saturated carbocycles. The van der Waals surface area contributed by atoms with E-state index in [1.54, 1.807) is 17.9 Å². The average Bonchev–Trinajstić information content (AvgIpc) is 2.58. The first kappa shape index (κ1) is 11.6. The summed E-state index contributed by atoms with van der Waals surface area (Å²) in [7, 11) is 1.78. The SMILES string of the molecule is CC1CN(C(=O)c2c(Br)cnn2C)CCN1. The molecule has 5 nitrogen and oxygen atoms in total. The van der Waals surface area contributed by atoms with Gasteiger partial charge in [0, 0.05) is 32.7 Å². The first-order valence-corrected chi connectivity index (χ1v) is 6.09. The molecular weight excluding hydrogens is 272 g/mol. The normalized spacial score (nSPS) is 21.2. The molecule has 0 aromatic carbocycles. The number of hydrogen-bond acceptors (Lipinski definition) is 3. The minimum absolute atomic E-state index is 0.0419. The van der Waals surface area contributed by atoms with Crippen LogP contribution in [0.5, 0.6) is 0 Å². The van der Waals surface area contributed by atoms with Crippen molar-refractivity contribution in [3.63, 3.8) is 0 Å². The maximum Gasteiger partial charge on any atom is 0.273 e. The van der Waals surface area contributed by atoms with Gasteiger partial charge in [0.2, 0.25) is 0 Å². The third kappa shape index (κ3) is 2.12. The number of rotatable bonds is 1. The molecule has 16 heavy (non-hydrogen) atoms. The molecule has 1 aromatic rings. The fourth-order valence-corrected chi connectivity index (χ4v) is 2.44. The summed E-state index contributed by atoms with van der Waals surface area (Å²) in [5.74, 6) is 0.0419. The fourth-order valence-electron chi connectivity index (χ4n) is 1.92. The molecule has 1 saturated heterocycles. The predicted molar refractivity (Wildman–Crippen MR) is 64.3 cm³/mol. The summed E-state index contributed by atoms with van der Waals surface area (Å²) < 4.78 is 2.37. The number of carbonyl (C=O) groups is 1.